The fourth-order valence-corrected chi connectivity index (χ4v) is 2.30. The lowest BCUT2D eigenvalue weighted by Gasteiger charge is -2.12. The number of benzene rings is 1. The number of hydrogen-bond donors (Lipinski definition) is 1. The molecule has 0 bridgehead atoms. The average Bonchev–Trinajstić information content (AvgIpc) is 3.16. The van der Waals surface area contributed by atoms with Crippen molar-refractivity contribution in [3.63, 3.8) is 0 Å². The third-order valence-corrected chi connectivity index (χ3v) is 3.43. The molecule has 1 aromatic carbocycles. The zero-order valence-corrected chi connectivity index (χ0v) is 12.0. The maximum Gasteiger partial charge on any atom is 0.253 e. The van der Waals surface area contributed by atoms with Crippen LogP contribution in [0.1, 0.15) is 30.1 Å². The summed E-state index contributed by atoms with van der Waals surface area (Å²) >= 11 is 0. The van der Waals surface area contributed by atoms with Gasteiger partial charge in [-0.25, -0.2) is 0 Å². The van der Waals surface area contributed by atoms with Gasteiger partial charge in [0.05, 0.1) is 11.3 Å². The van der Waals surface area contributed by atoms with Crippen molar-refractivity contribution in [1.82, 2.24) is 9.88 Å². The lowest BCUT2D eigenvalue weighted by Crippen LogP contribution is -2.25. The van der Waals surface area contributed by atoms with Gasteiger partial charge in [0.1, 0.15) is 0 Å². The first-order chi connectivity index (χ1) is 10.3. The molecule has 5 nitrogen and oxygen atoms in total. The van der Waals surface area contributed by atoms with Gasteiger partial charge in [0.2, 0.25) is 6.79 Å². The number of carbonyl (C=O) groups is 1. The summed E-state index contributed by atoms with van der Waals surface area (Å²) in [4.78, 5) is 12.4. The minimum absolute atomic E-state index is 0.0922. The van der Waals surface area contributed by atoms with Crippen molar-refractivity contribution in [3.05, 3.63) is 42.2 Å². The molecule has 1 aliphatic rings. The Morgan fingerprint density at radius 2 is 1.95 bits per heavy atom. The summed E-state index contributed by atoms with van der Waals surface area (Å²) in [6, 6.07) is 7.43. The first-order valence-electron chi connectivity index (χ1n) is 7.15. The molecule has 0 saturated heterocycles. The number of amides is 1. The third-order valence-electron chi connectivity index (χ3n) is 3.43. The minimum Gasteiger partial charge on any atom is -0.454 e. The normalized spacial score (nSPS) is 12.4. The zero-order valence-electron chi connectivity index (χ0n) is 12.0. The third kappa shape index (κ3) is 2.72. The van der Waals surface area contributed by atoms with Gasteiger partial charge in [0, 0.05) is 25.0 Å². The predicted molar refractivity (Wildman–Crippen MR) is 79.1 cm³/mol. The van der Waals surface area contributed by atoms with E-state index in [1.807, 2.05) is 35.2 Å². The van der Waals surface area contributed by atoms with E-state index < -0.39 is 0 Å². The summed E-state index contributed by atoms with van der Waals surface area (Å²) in [5.41, 5.74) is 1.38. The number of aromatic nitrogens is 1. The smallest absolute Gasteiger partial charge is 0.253 e. The molecule has 1 N–H and O–H groups in total. The van der Waals surface area contributed by atoms with E-state index in [4.69, 9.17) is 9.47 Å². The summed E-state index contributed by atoms with van der Waals surface area (Å²) in [5, 5.41) is 2.94. The highest BCUT2D eigenvalue weighted by molar-refractivity contribution is 5.98. The molecule has 1 aromatic heterocycles. The molecule has 21 heavy (non-hydrogen) atoms. The standard InChI is InChI=1S/C16H18N2O3/c1-2-3-6-17-16(19)12-9-14-15(21-11-20-14)10-13(12)18-7-4-5-8-18/h4-5,7-10H,2-3,6,11H2,1H3,(H,17,19). The Labute approximate surface area is 123 Å². The predicted octanol–water partition coefficient (Wildman–Crippen LogP) is 2.74. The Hall–Kier alpha value is -2.43. The number of unbranched alkanes of at least 4 members (excludes halogenated alkanes) is 1. The molecule has 1 amide bonds. The van der Waals surface area contributed by atoms with Crippen molar-refractivity contribution < 1.29 is 14.3 Å². The Morgan fingerprint density at radius 3 is 2.67 bits per heavy atom. The van der Waals surface area contributed by atoms with Crippen LogP contribution in [0, 0.1) is 0 Å². The first kappa shape index (κ1) is 13.5. The molecule has 110 valence electrons. The highest BCUT2D eigenvalue weighted by Crippen LogP contribution is 2.36. The van der Waals surface area contributed by atoms with Crippen LogP contribution in [0.25, 0.3) is 5.69 Å². The molecule has 0 spiro atoms. The van der Waals surface area contributed by atoms with Crippen molar-refractivity contribution in [3.8, 4) is 17.2 Å². The molecule has 2 aromatic rings. The number of hydrogen-bond acceptors (Lipinski definition) is 3. The van der Waals surface area contributed by atoms with Crippen LogP contribution in [0.15, 0.2) is 36.7 Å². The van der Waals surface area contributed by atoms with Gasteiger partial charge in [-0.05, 0) is 24.6 Å². The molecule has 0 radical (unpaired) electrons. The van der Waals surface area contributed by atoms with Crippen LogP contribution in [-0.2, 0) is 0 Å². The number of fused-ring (bicyclic) bond motifs is 1. The van der Waals surface area contributed by atoms with Crippen LogP contribution in [0.4, 0.5) is 0 Å². The van der Waals surface area contributed by atoms with Gasteiger partial charge >= 0.3 is 0 Å². The van der Waals surface area contributed by atoms with Crippen LogP contribution >= 0.6 is 0 Å². The second-order valence-electron chi connectivity index (χ2n) is 4.92. The molecule has 1 aliphatic heterocycles. The van der Waals surface area contributed by atoms with E-state index in [1.54, 1.807) is 6.07 Å². The molecule has 5 heteroatoms. The molecule has 0 saturated carbocycles. The Kier molecular flexibility index (Phi) is 3.81. The average molecular weight is 286 g/mol. The number of carbonyl (C=O) groups excluding carboxylic acids is 1. The SMILES string of the molecule is CCCCNC(=O)c1cc2c(cc1-n1cccc1)OCO2. The molecule has 3 rings (SSSR count). The van der Waals surface area contributed by atoms with Gasteiger partial charge in [-0.2, -0.15) is 0 Å². The molecule has 0 fully saturated rings. The molecule has 0 aliphatic carbocycles. The van der Waals surface area contributed by atoms with E-state index in [2.05, 4.69) is 12.2 Å². The van der Waals surface area contributed by atoms with Crippen molar-refractivity contribution in [2.45, 2.75) is 19.8 Å². The van der Waals surface area contributed by atoms with Crippen molar-refractivity contribution in [1.29, 1.82) is 0 Å². The minimum atomic E-state index is -0.0922. The monoisotopic (exact) mass is 286 g/mol. The second-order valence-corrected chi connectivity index (χ2v) is 4.92. The molecular formula is C16H18N2O3. The molecule has 2 heterocycles. The highest BCUT2D eigenvalue weighted by Gasteiger charge is 2.21. The Morgan fingerprint density at radius 1 is 1.24 bits per heavy atom. The van der Waals surface area contributed by atoms with Gasteiger partial charge in [0.15, 0.2) is 11.5 Å². The summed E-state index contributed by atoms with van der Waals surface area (Å²) in [6.45, 7) is 2.97. The topological polar surface area (TPSA) is 52.5 Å². The Balaban J connectivity index is 1.95. The number of nitrogens with zero attached hydrogens (tertiary/aromatic N) is 1. The van der Waals surface area contributed by atoms with Crippen LogP contribution in [0.2, 0.25) is 0 Å². The number of nitrogens with one attached hydrogen (secondary N) is 1. The van der Waals surface area contributed by atoms with Gasteiger partial charge < -0.3 is 19.4 Å². The van der Waals surface area contributed by atoms with Crippen LogP contribution in [0.5, 0.6) is 11.5 Å². The van der Waals surface area contributed by atoms with E-state index in [1.165, 1.54) is 0 Å². The number of rotatable bonds is 5. The van der Waals surface area contributed by atoms with Gasteiger partial charge in [-0.15, -0.1) is 0 Å². The van der Waals surface area contributed by atoms with E-state index in [-0.39, 0.29) is 12.7 Å². The lowest BCUT2D eigenvalue weighted by molar-refractivity contribution is 0.0952. The summed E-state index contributed by atoms with van der Waals surface area (Å²) in [7, 11) is 0. The Bertz CT molecular complexity index is 635. The van der Waals surface area contributed by atoms with Crippen LogP contribution in [0.3, 0.4) is 0 Å². The quantitative estimate of drug-likeness (QED) is 0.860. The van der Waals surface area contributed by atoms with Crippen molar-refractivity contribution >= 4 is 5.91 Å². The summed E-state index contributed by atoms with van der Waals surface area (Å²) < 4.78 is 12.7. The lowest BCUT2D eigenvalue weighted by atomic mass is 10.1. The highest BCUT2D eigenvalue weighted by atomic mass is 16.7. The summed E-state index contributed by atoms with van der Waals surface area (Å²) in [6.07, 6.45) is 5.82. The fraction of sp³-hybridized carbons (Fsp3) is 0.312. The van der Waals surface area contributed by atoms with E-state index >= 15 is 0 Å². The van der Waals surface area contributed by atoms with Crippen molar-refractivity contribution in [2.24, 2.45) is 0 Å². The maximum atomic E-state index is 12.4. The molecular weight excluding hydrogens is 268 g/mol. The van der Waals surface area contributed by atoms with Gasteiger partial charge in [-0.1, -0.05) is 13.3 Å². The van der Waals surface area contributed by atoms with Gasteiger partial charge in [-0.3, -0.25) is 4.79 Å². The first-order valence-corrected chi connectivity index (χ1v) is 7.15. The second kappa shape index (κ2) is 5.91. The molecule has 0 atom stereocenters. The van der Waals surface area contributed by atoms with E-state index in [9.17, 15) is 4.79 Å². The van der Waals surface area contributed by atoms with Crippen LogP contribution in [-0.4, -0.2) is 23.8 Å². The van der Waals surface area contributed by atoms with Crippen molar-refractivity contribution in [2.75, 3.05) is 13.3 Å². The summed E-state index contributed by atoms with van der Waals surface area (Å²) in [5.74, 6) is 1.20. The maximum absolute atomic E-state index is 12.4. The van der Waals surface area contributed by atoms with Crippen LogP contribution < -0.4 is 14.8 Å². The van der Waals surface area contributed by atoms with Gasteiger partial charge in [0.25, 0.3) is 5.91 Å². The largest absolute Gasteiger partial charge is 0.454 e. The van der Waals surface area contributed by atoms with E-state index in [0.29, 0.717) is 23.6 Å². The fourth-order valence-electron chi connectivity index (χ4n) is 2.30. The van der Waals surface area contributed by atoms with E-state index in [0.717, 1.165) is 18.5 Å². The zero-order chi connectivity index (χ0) is 14.7. The molecule has 0 unspecified atom stereocenters. The number of ether oxygens (including phenoxy) is 2.